The van der Waals surface area contributed by atoms with Gasteiger partial charge in [-0.05, 0) is 41.5 Å². The number of fused-ring (bicyclic) bond motifs is 1. The molecule has 0 saturated heterocycles. The normalized spacial score (nSPS) is 14.4. The molecule has 5 rings (SSSR count). The summed E-state index contributed by atoms with van der Waals surface area (Å²) in [4.78, 5) is 59.0. The number of hydrogen-bond acceptors (Lipinski definition) is 8. The zero-order valence-electron chi connectivity index (χ0n) is 28.8. The zero-order valence-corrected chi connectivity index (χ0v) is 28.8. The maximum absolute atomic E-state index is 14.1. The van der Waals surface area contributed by atoms with E-state index in [4.69, 9.17) is 14.5 Å². The van der Waals surface area contributed by atoms with Gasteiger partial charge in [-0.1, -0.05) is 105 Å². The number of ether oxygens (including phenoxy) is 2. The second kappa shape index (κ2) is 17.1. The monoisotopic (exact) mass is 690 g/mol. The standard InChI is InChI=1S/C39H42N6O6/c1-4-21-44(38(49)51-27-31-15-11-8-12-16-31)33-25-41-36-39(5-2,6-3)22-32(45(36)35(33)47)34(46)40-23-28-17-19-29(20-18-28)24-42-43-37(48)50-26-30-13-9-7-10-14-30/h4,7-20,24-25,32H,1,5-6,21-23,26-27H2,2-3H3,(H,40,46)(H,43,48)/t32-/m0/s1. The first-order valence-corrected chi connectivity index (χ1v) is 16.9. The number of nitrogens with zero attached hydrogens (tertiary/aromatic N) is 4. The fourth-order valence-corrected chi connectivity index (χ4v) is 6.08. The molecule has 0 saturated carbocycles. The Bertz CT molecular complexity index is 1910. The van der Waals surface area contributed by atoms with Crippen molar-refractivity contribution < 1.29 is 23.9 Å². The van der Waals surface area contributed by atoms with Crippen molar-refractivity contribution in [3.63, 3.8) is 0 Å². The van der Waals surface area contributed by atoms with Crippen molar-refractivity contribution in [1.29, 1.82) is 0 Å². The Morgan fingerprint density at radius 2 is 1.57 bits per heavy atom. The zero-order chi connectivity index (χ0) is 36.2. The van der Waals surface area contributed by atoms with Crippen LogP contribution in [0, 0.1) is 0 Å². The van der Waals surface area contributed by atoms with Gasteiger partial charge in [0.05, 0.1) is 12.4 Å². The minimum Gasteiger partial charge on any atom is -0.444 e. The highest BCUT2D eigenvalue weighted by atomic mass is 16.6. The number of nitrogens with one attached hydrogen (secondary N) is 2. The molecule has 0 fully saturated rings. The summed E-state index contributed by atoms with van der Waals surface area (Å²) in [6.45, 7) is 8.19. The highest BCUT2D eigenvalue weighted by Gasteiger charge is 2.47. The van der Waals surface area contributed by atoms with Crippen molar-refractivity contribution >= 4 is 30.0 Å². The predicted octanol–water partition coefficient (Wildman–Crippen LogP) is 6.15. The molecule has 1 atom stereocenters. The Morgan fingerprint density at radius 3 is 2.18 bits per heavy atom. The molecule has 3 amide bonds. The van der Waals surface area contributed by atoms with Crippen molar-refractivity contribution in [3.05, 3.63) is 142 Å². The maximum Gasteiger partial charge on any atom is 0.428 e. The summed E-state index contributed by atoms with van der Waals surface area (Å²) in [5.74, 6) is 0.200. The molecule has 12 heteroatoms. The van der Waals surface area contributed by atoms with Gasteiger partial charge in [-0.15, -0.1) is 6.58 Å². The van der Waals surface area contributed by atoms with Gasteiger partial charge in [0.25, 0.3) is 5.56 Å². The average Bonchev–Trinajstić information content (AvgIpc) is 3.52. The number of benzene rings is 3. The maximum atomic E-state index is 14.1. The van der Waals surface area contributed by atoms with Crippen LogP contribution in [0.2, 0.25) is 0 Å². The topological polar surface area (TPSA) is 144 Å². The fraction of sp³-hybridized carbons (Fsp3) is 0.282. The number of hydrogen-bond donors (Lipinski definition) is 2. The Labute approximate surface area is 296 Å². The quantitative estimate of drug-likeness (QED) is 0.0918. The predicted molar refractivity (Wildman–Crippen MR) is 194 cm³/mol. The fourth-order valence-electron chi connectivity index (χ4n) is 6.08. The lowest BCUT2D eigenvalue weighted by Gasteiger charge is -2.25. The van der Waals surface area contributed by atoms with E-state index in [1.54, 1.807) is 12.1 Å². The number of anilines is 1. The molecule has 1 aromatic heterocycles. The van der Waals surface area contributed by atoms with Gasteiger partial charge in [0.2, 0.25) is 5.91 Å². The summed E-state index contributed by atoms with van der Waals surface area (Å²) in [5.41, 5.74) is 4.58. The molecule has 1 aliphatic rings. The van der Waals surface area contributed by atoms with E-state index in [1.807, 2.05) is 86.6 Å². The Hall–Kier alpha value is -6.04. The van der Waals surface area contributed by atoms with E-state index in [0.29, 0.717) is 25.1 Å². The van der Waals surface area contributed by atoms with Crippen molar-refractivity contribution in [2.24, 2.45) is 5.10 Å². The van der Waals surface area contributed by atoms with Gasteiger partial charge in [-0.3, -0.25) is 19.1 Å². The number of carbonyl (C=O) groups is 3. The first-order valence-electron chi connectivity index (χ1n) is 16.9. The molecular weight excluding hydrogens is 648 g/mol. The van der Waals surface area contributed by atoms with Crippen molar-refractivity contribution in [2.75, 3.05) is 11.4 Å². The molecule has 264 valence electrons. The third kappa shape index (κ3) is 8.77. The summed E-state index contributed by atoms with van der Waals surface area (Å²) in [5, 5.41) is 6.92. The van der Waals surface area contributed by atoms with Crippen LogP contribution in [0.3, 0.4) is 0 Å². The molecule has 0 radical (unpaired) electrons. The lowest BCUT2D eigenvalue weighted by atomic mass is 9.79. The van der Waals surface area contributed by atoms with E-state index in [0.717, 1.165) is 22.3 Å². The highest BCUT2D eigenvalue weighted by molar-refractivity contribution is 5.88. The Kier molecular flexibility index (Phi) is 12.1. The van der Waals surface area contributed by atoms with E-state index >= 15 is 0 Å². The van der Waals surface area contributed by atoms with Crippen LogP contribution >= 0.6 is 0 Å². The second-order valence-corrected chi connectivity index (χ2v) is 12.2. The van der Waals surface area contributed by atoms with E-state index in [1.165, 1.54) is 28.0 Å². The van der Waals surface area contributed by atoms with Crippen LogP contribution in [0.1, 0.15) is 67.2 Å². The molecule has 1 aliphatic heterocycles. The number of carbonyl (C=O) groups excluding carboxylic acids is 3. The number of amides is 3. The molecule has 51 heavy (non-hydrogen) atoms. The van der Waals surface area contributed by atoms with Gasteiger partial charge in [0, 0.05) is 18.5 Å². The molecular formula is C39H42N6O6. The second-order valence-electron chi connectivity index (χ2n) is 12.2. The first kappa shape index (κ1) is 36.2. The SMILES string of the molecule is C=CCN(C(=O)OCc1ccccc1)c1cnc2n(c1=O)[C@H](C(=O)NCc1ccc(C=NNC(=O)OCc3ccccc3)cc1)CC2(CC)CC. The van der Waals surface area contributed by atoms with Crippen LogP contribution in [0.25, 0.3) is 0 Å². The number of aromatic nitrogens is 2. The summed E-state index contributed by atoms with van der Waals surface area (Å²) in [6, 6.07) is 25.0. The van der Waals surface area contributed by atoms with Gasteiger partial charge in [-0.2, -0.15) is 5.10 Å². The Morgan fingerprint density at radius 1 is 0.941 bits per heavy atom. The van der Waals surface area contributed by atoms with Crippen LogP contribution in [0.5, 0.6) is 0 Å². The van der Waals surface area contributed by atoms with E-state index in [9.17, 15) is 19.2 Å². The molecule has 0 aliphatic carbocycles. The number of hydrazone groups is 1. The summed E-state index contributed by atoms with van der Waals surface area (Å²) >= 11 is 0. The van der Waals surface area contributed by atoms with Crippen molar-refractivity contribution in [3.8, 4) is 0 Å². The highest BCUT2D eigenvalue weighted by Crippen LogP contribution is 2.44. The minimum absolute atomic E-state index is 0.00807. The number of rotatable bonds is 14. The van der Waals surface area contributed by atoms with Crippen LogP contribution in [-0.4, -0.2) is 40.4 Å². The summed E-state index contributed by atoms with van der Waals surface area (Å²) < 4.78 is 12.1. The van der Waals surface area contributed by atoms with Gasteiger partial charge in [0.1, 0.15) is 30.8 Å². The molecule has 0 bridgehead atoms. The first-order chi connectivity index (χ1) is 24.8. The summed E-state index contributed by atoms with van der Waals surface area (Å²) in [6.07, 6.45) is 4.75. The van der Waals surface area contributed by atoms with E-state index in [2.05, 4.69) is 22.4 Å². The van der Waals surface area contributed by atoms with Crippen LogP contribution in [0.4, 0.5) is 15.3 Å². The lowest BCUT2D eigenvalue weighted by molar-refractivity contribution is -0.124. The molecule has 0 unspecified atom stereocenters. The van der Waals surface area contributed by atoms with Gasteiger partial charge < -0.3 is 14.8 Å². The van der Waals surface area contributed by atoms with Crippen LogP contribution in [0.15, 0.2) is 114 Å². The lowest BCUT2D eigenvalue weighted by Crippen LogP contribution is -2.41. The van der Waals surface area contributed by atoms with Gasteiger partial charge in [-0.25, -0.2) is 20.0 Å². The van der Waals surface area contributed by atoms with Crippen LogP contribution in [-0.2, 0) is 39.4 Å². The van der Waals surface area contributed by atoms with E-state index in [-0.39, 0.29) is 37.9 Å². The third-order valence-corrected chi connectivity index (χ3v) is 9.06. The molecule has 3 aromatic carbocycles. The summed E-state index contributed by atoms with van der Waals surface area (Å²) in [7, 11) is 0. The average molecular weight is 691 g/mol. The Balaban J connectivity index is 1.25. The third-order valence-electron chi connectivity index (χ3n) is 9.06. The minimum atomic E-state index is -0.829. The van der Waals surface area contributed by atoms with Crippen molar-refractivity contribution in [2.45, 2.75) is 64.3 Å². The molecule has 0 spiro atoms. The molecule has 12 nitrogen and oxygen atoms in total. The van der Waals surface area contributed by atoms with E-state index < -0.39 is 29.2 Å². The van der Waals surface area contributed by atoms with Crippen LogP contribution < -0.4 is 21.2 Å². The van der Waals surface area contributed by atoms with Gasteiger partial charge >= 0.3 is 12.2 Å². The molecule has 2 N–H and O–H groups in total. The van der Waals surface area contributed by atoms with Gasteiger partial charge in [0.15, 0.2) is 0 Å². The molecule has 4 aromatic rings. The largest absolute Gasteiger partial charge is 0.444 e. The smallest absolute Gasteiger partial charge is 0.428 e. The van der Waals surface area contributed by atoms with Crippen molar-refractivity contribution in [1.82, 2.24) is 20.3 Å². The molecule has 2 heterocycles.